The van der Waals surface area contributed by atoms with Gasteiger partial charge in [0, 0.05) is 11.6 Å². The first-order chi connectivity index (χ1) is 8.03. The Balaban J connectivity index is 2.23. The largest absolute Gasteiger partial charge is 0.586 e. The summed E-state index contributed by atoms with van der Waals surface area (Å²) in [7, 11) is 0. The van der Waals surface area contributed by atoms with E-state index in [-0.39, 0.29) is 17.5 Å². The predicted molar refractivity (Wildman–Crippen MR) is 57.9 cm³/mol. The molecule has 0 radical (unpaired) electrons. The first-order valence-corrected chi connectivity index (χ1v) is 5.38. The van der Waals surface area contributed by atoms with Gasteiger partial charge in [0.2, 0.25) is 0 Å². The van der Waals surface area contributed by atoms with Crippen molar-refractivity contribution in [3.8, 4) is 11.5 Å². The molecule has 0 fully saturated rings. The van der Waals surface area contributed by atoms with Gasteiger partial charge in [-0.3, -0.25) is 0 Å². The van der Waals surface area contributed by atoms with Crippen molar-refractivity contribution in [1.29, 1.82) is 0 Å². The normalized spacial score (nSPS) is 18.1. The van der Waals surface area contributed by atoms with Crippen LogP contribution in [0.3, 0.4) is 0 Å². The van der Waals surface area contributed by atoms with Crippen LogP contribution < -0.4 is 20.9 Å². The van der Waals surface area contributed by atoms with Crippen LogP contribution in [0.15, 0.2) is 18.2 Å². The number of para-hydroxylation sites is 1. The summed E-state index contributed by atoms with van der Waals surface area (Å²) in [5, 5.41) is 0. The number of hydrogen-bond acceptors (Lipinski definition) is 4. The third kappa shape index (κ3) is 2.48. The molecule has 0 spiro atoms. The van der Waals surface area contributed by atoms with Crippen LogP contribution in [0, 0.1) is 0 Å². The third-order valence-corrected chi connectivity index (χ3v) is 2.58. The summed E-state index contributed by atoms with van der Waals surface area (Å²) >= 11 is 0. The number of alkyl halides is 2. The smallest absolute Gasteiger partial charge is 0.395 e. The highest BCUT2D eigenvalue weighted by Crippen LogP contribution is 2.45. The van der Waals surface area contributed by atoms with Crippen molar-refractivity contribution in [3.63, 3.8) is 0 Å². The first kappa shape index (κ1) is 12.1. The van der Waals surface area contributed by atoms with E-state index < -0.39 is 6.29 Å². The van der Waals surface area contributed by atoms with E-state index in [1.807, 2.05) is 0 Å². The molecule has 0 bridgehead atoms. The van der Waals surface area contributed by atoms with E-state index in [0.29, 0.717) is 18.5 Å². The number of halogens is 2. The molecule has 0 aliphatic carbocycles. The van der Waals surface area contributed by atoms with Gasteiger partial charge in [0.25, 0.3) is 0 Å². The summed E-state index contributed by atoms with van der Waals surface area (Å²) in [5.74, 6) is 0.0534. The van der Waals surface area contributed by atoms with E-state index in [4.69, 9.17) is 11.5 Å². The molecule has 4 N–H and O–H groups in total. The van der Waals surface area contributed by atoms with E-state index in [9.17, 15) is 8.78 Å². The summed E-state index contributed by atoms with van der Waals surface area (Å²) in [5.41, 5.74) is 11.8. The Morgan fingerprint density at radius 2 is 2.06 bits per heavy atom. The van der Waals surface area contributed by atoms with Gasteiger partial charge in [-0.25, -0.2) is 0 Å². The molecule has 1 heterocycles. The zero-order valence-corrected chi connectivity index (χ0v) is 9.16. The Kier molecular flexibility index (Phi) is 3.17. The quantitative estimate of drug-likeness (QED) is 0.846. The van der Waals surface area contributed by atoms with Crippen molar-refractivity contribution in [1.82, 2.24) is 0 Å². The molecule has 6 heteroatoms. The highest BCUT2D eigenvalue weighted by molar-refractivity contribution is 5.50. The molecule has 4 nitrogen and oxygen atoms in total. The maximum atomic E-state index is 12.9. The second kappa shape index (κ2) is 4.46. The molecule has 2 rings (SSSR count). The average molecular weight is 244 g/mol. The lowest BCUT2D eigenvalue weighted by molar-refractivity contribution is -0.287. The molecule has 0 amide bonds. The Bertz CT molecular complexity index is 412. The van der Waals surface area contributed by atoms with Crippen LogP contribution in [0.4, 0.5) is 8.78 Å². The highest BCUT2D eigenvalue weighted by Gasteiger charge is 2.44. The van der Waals surface area contributed by atoms with Crippen LogP contribution in [0.5, 0.6) is 11.5 Å². The molecular formula is C11H14F2N2O2. The second-order valence-corrected chi connectivity index (χ2v) is 3.88. The number of fused-ring (bicyclic) bond motifs is 1. The summed E-state index contributed by atoms with van der Waals surface area (Å²) in [4.78, 5) is 0. The van der Waals surface area contributed by atoms with Crippen molar-refractivity contribution in [2.75, 3.05) is 6.54 Å². The maximum Gasteiger partial charge on any atom is 0.586 e. The van der Waals surface area contributed by atoms with Gasteiger partial charge in [-0.2, -0.15) is 0 Å². The van der Waals surface area contributed by atoms with E-state index in [1.165, 1.54) is 6.07 Å². The Hall–Kier alpha value is -1.40. The Morgan fingerprint density at radius 1 is 1.29 bits per heavy atom. The number of hydrogen-bond donors (Lipinski definition) is 2. The molecule has 1 aliphatic rings. The molecule has 94 valence electrons. The van der Waals surface area contributed by atoms with Gasteiger partial charge < -0.3 is 20.9 Å². The number of ether oxygens (including phenoxy) is 2. The van der Waals surface area contributed by atoms with E-state index in [1.54, 1.807) is 12.1 Å². The minimum absolute atomic E-state index is 0.0238. The SMILES string of the molecule is NCCC[C@H](N)c1cccc2c1OC(F)(F)O2. The van der Waals surface area contributed by atoms with Crippen molar-refractivity contribution in [2.24, 2.45) is 11.5 Å². The van der Waals surface area contributed by atoms with Crippen LogP contribution in [0.25, 0.3) is 0 Å². The van der Waals surface area contributed by atoms with Crippen LogP contribution >= 0.6 is 0 Å². The number of benzene rings is 1. The molecule has 1 atom stereocenters. The summed E-state index contributed by atoms with van der Waals surface area (Å²) < 4.78 is 34.7. The molecule has 0 aromatic heterocycles. The van der Waals surface area contributed by atoms with Crippen molar-refractivity contribution >= 4 is 0 Å². The molecule has 1 aromatic carbocycles. The van der Waals surface area contributed by atoms with Crippen molar-refractivity contribution in [3.05, 3.63) is 23.8 Å². The molecule has 0 saturated heterocycles. The predicted octanol–water partition coefficient (Wildman–Crippen LogP) is 1.75. The van der Waals surface area contributed by atoms with Gasteiger partial charge in [-0.15, -0.1) is 8.78 Å². The first-order valence-electron chi connectivity index (χ1n) is 5.38. The van der Waals surface area contributed by atoms with E-state index >= 15 is 0 Å². The van der Waals surface area contributed by atoms with E-state index in [0.717, 1.165) is 6.42 Å². The molecule has 1 aromatic rings. The van der Waals surface area contributed by atoms with Crippen LogP contribution in [0.1, 0.15) is 24.4 Å². The number of rotatable bonds is 4. The third-order valence-electron chi connectivity index (χ3n) is 2.58. The topological polar surface area (TPSA) is 70.5 Å². The molecule has 0 unspecified atom stereocenters. The average Bonchev–Trinajstić information content (AvgIpc) is 2.59. The summed E-state index contributed by atoms with van der Waals surface area (Å²) in [6, 6.07) is 4.31. The van der Waals surface area contributed by atoms with Gasteiger partial charge in [-0.05, 0) is 25.5 Å². The van der Waals surface area contributed by atoms with Crippen molar-refractivity contribution in [2.45, 2.75) is 25.2 Å². The molecular weight excluding hydrogens is 230 g/mol. The molecule has 0 saturated carbocycles. The fourth-order valence-corrected chi connectivity index (χ4v) is 1.78. The zero-order chi connectivity index (χ0) is 12.5. The lowest BCUT2D eigenvalue weighted by atomic mass is 10.0. The lowest BCUT2D eigenvalue weighted by Gasteiger charge is -2.13. The Labute approximate surface area is 97.5 Å². The molecule has 17 heavy (non-hydrogen) atoms. The standard InChI is InChI=1S/C11H14F2N2O2/c12-11(13)16-9-5-1-3-7(10(9)17-11)8(15)4-2-6-14/h1,3,5,8H,2,4,6,14-15H2/t8-/m0/s1. The van der Waals surface area contributed by atoms with Gasteiger partial charge in [0.15, 0.2) is 11.5 Å². The minimum Gasteiger partial charge on any atom is -0.395 e. The second-order valence-electron chi connectivity index (χ2n) is 3.88. The van der Waals surface area contributed by atoms with Gasteiger partial charge in [0.05, 0.1) is 0 Å². The molecule has 1 aliphatic heterocycles. The highest BCUT2D eigenvalue weighted by atomic mass is 19.3. The fourth-order valence-electron chi connectivity index (χ4n) is 1.78. The lowest BCUT2D eigenvalue weighted by Crippen LogP contribution is -2.26. The summed E-state index contributed by atoms with van der Waals surface area (Å²) in [6.45, 7) is 0.510. The van der Waals surface area contributed by atoms with Crippen LogP contribution in [-0.2, 0) is 0 Å². The number of nitrogens with two attached hydrogens (primary N) is 2. The van der Waals surface area contributed by atoms with E-state index in [2.05, 4.69) is 9.47 Å². The fraction of sp³-hybridized carbons (Fsp3) is 0.455. The van der Waals surface area contributed by atoms with Crippen molar-refractivity contribution < 1.29 is 18.3 Å². The van der Waals surface area contributed by atoms with Gasteiger partial charge in [-0.1, -0.05) is 12.1 Å². The van der Waals surface area contributed by atoms with Crippen LogP contribution in [0.2, 0.25) is 0 Å². The maximum absolute atomic E-state index is 12.9. The van der Waals surface area contributed by atoms with Crippen LogP contribution in [-0.4, -0.2) is 12.8 Å². The Morgan fingerprint density at radius 3 is 2.76 bits per heavy atom. The van der Waals surface area contributed by atoms with Gasteiger partial charge >= 0.3 is 6.29 Å². The zero-order valence-electron chi connectivity index (χ0n) is 9.16. The monoisotopic (exact) mass is 244 g/mol. The summed E-state index contributed by atoms with van der Waals surface area (Å²) in [6.07, 6.45) is -2.27. The van der Waals surface area contributed by atoms with Gasteiger partial charge in [0.1, 0.15) is 0 Å². The minimum atomic E-state index is -3.61.